The number of rotatable bonds is 7. The third kappa shape index (κ3) is 5.21. The smallest absolute Gasteiger partial charge is 0.122 e. The van der Waals surface area contributed by atoms with Crippen molar-refractivity contribution in [2.24, 2.45) is 5.73 Å². The fourth-order valence-electron chi connectivity index (χ4n) is 1.77. The van der Waals surface area contributed by atoms with Crippen LogP contribution in [-0.2, 0) is 11.3 Å². The van der Waals surface area contributed by atoms with Crippen LogP contribution < -0.4 is 10.5 Å². The number of benzene rings is 2. The van der Waals surface area contributed by atoms with Gasteiger partial charge in [0, 0.05) is 10.0 Å². The maximum atomic E-state index is 7.31. The number of nitrogens with one attached hydrogen (secondary N) is 1. The van der Waals surface area contributed by atoms with Gasteiger partial charge in [-0.2, -0.15) is 0 Å². The molecule has 0 aliphatic carbocycles. The van der Waals surface area contributed by atoms with Gasteiger partial charge in [-0.3, -0.25) is 5.41 Å². The van der Waals surface area contributed by atoms with E-state index in [-0.39, 0.29) is 5.84 Å². The first-order valence-electron chi connectivity index (χ1n) is 6.54. The van der Waals surface area contributed by atoms with Crippen LogP contribution in [0.2, 0.25) is 0 Å². The maximum Gasteiger partial charge on any atom is 0.122 e. The summed E-state index contributed by atoms with van der Waals surface area (Å²) in [6.45, 7) is 1.56. The predicted octanol–water partition coefficient (Wildman–Crippen LogP) is 3.33. The molecule has 0 spiro atoms. The van der Waals surface area contributed by atoms with Crippen LogP contribution in [0.25, 0.3) is 0 Å². The lowest BCUT2D eigenvalue weighted by molar-refractivity contribution is 0.0889. The summed E-state index contributed by atoms with van der Waals surface area (Å²) in [6, 6.07) is 15.1. The van der Waals surface area contributed by atoms with E-state index in [9.17, 15) is 0 Å². The SMILES string of the molecule is N=C(N)c1ccc(OCCOCc2cccc(Br)c2)cc1. The first kappa shape index (κ1) is 15.5. The van der Waals surface area contributed by atoms with E-state index in [1.54, 1.807) is 24.3 Å². The molecule has 0 heterocycles. The van der Waals surface area contributed by atoms with Crippen LogP contribution in [0.3, 0.4) is 0 Å². The summed E-state index contributed by atoms with van der Waals surface area (Å²) >= 11 is 3.43. The lowest BCUT2D eigenvalue weighted by Gasteiger charge is -2.08. The van der Waals surface area contributed by atoms with E-state index in [0.29, 0.717) is 25.4 Å². The van der Waals surface area contributed by atoms with Gasteiger partial charge >= 0.3 is 0 Å². The van der Waals surface area contributed by atoms with Crippen LogP contribution in [-0.4, -0.2) is 19.0 Å². The van der Waals surface area contributed by atoms with E-state index in [1.807, 2.05) is 24.3 Å². The summed E-state index contributed by atoms with van der Waals surface area (Å²) in [6.07, 6.45) is 0. The van der Waals surface area contributed by atoms with Crippen molar-refractivity contribution in [2.45, 2.75) is 6.61 Å². The lowest BCUT2D eigenvalue weighted by atomic mass is 10.2. The minimum Gasteiger partial charge on any atom is -0.491 e. The Kier molecular flexibility index (Phi) is 5.78. The summed E-state index contributed by atoms with van der Waals surface area (Å²) in [7, 11) is 0. The molecule has 4 nitrogen and oxygen atoms in total. The number of hydrogen-bond acceptors (Lipinski definition) is 3. The van der Waals surface area contributed by atoms with Gasteiger partial charge in [0.25, 0.3) is 0 Å². The monoisotopic (exact) mass is 348 g/mol. The molecule has 0 aliphatic rings. The molecule has 0 saturated carbocycles. The van der Waals surface area contributed by atoms with Gasteiger partial charge in [-0.25, -0.2) is 0 Å². The molecule has 0 bridgehead atoms. The first-order valence-corrected chi connectivity index (χ1v) is 7.34. The van der Waals surface area contributed by atoms with E-state index in [0.717, 1.165) is 15.8 Å². The number of hydrogen-bond donors (Lipinski definition) is 2. The van der Waals surface area contributed by atoms with Gasteiger partial charge in [-0.05, 0) is 42.0 Å². The molecule has 0 fully saturated rings. The van der Waals surface area contributed by atoms with Crippen molar-refractivity contribution < 1.29 is 9.47 Å². The molecule has 0 aromatic heterocycles. The topological polar surface area (TPSA) is 68.3 Å². The average Bonchev–Trinajstić information content (AvgIpc) is 2.47. The minimum atomic E-state index is 0.0545. The lowest BCUT2D eigenvalue weighted by Crippen LogP contribution is -2.11. The van der Waals surface area contributed by atoms with Gasteiger partial charge < -0.3 is 15.2 Å². The Bertz CT molecular complexity index is 599. The Balaban J connectivity index is 1.69. The molecule has 0 unspecified atom stereocenters. The second-order valence-corrected chi connectivity index (χ2v) is 5.38. The molecule has 0 amide bonds. The van der Waals surface area contributed by atoms with E-state index >= 15 is 0 Å². The summed E-state index contributed by atoms with van der Waals surface area (Å²) in [5.41, 5.74) is 7.20. The Morgan fingerprint density at radius 2 is 1.86 bits per heavy atom. The highest BCUT2D eigenvalue weighted by atomic mass is 79.9. The number of nitrogens with two attached hydrogens (primary N) is 1. The van der Waals surface area contributed by atoms with Gasteiger partial charge in [0.05, 0.1) is 13.2 Å². The van der Waals surface area contributed by atoms with Crippen molar-refractivity contribution >= 4 is 21.8 Å². The largest absolute Gasteiger partial charge is 0.491 e. The highest BCUT2D eigenvalue weighted by Crippen LogP contribution is 2.13. The molecule has 0 aliphatic heterocycles. The number of halogens is 1. The third-order valence-corrected chi connectivity index (χ3v) is 3.31. The summed E-state index contributed by atoms with van der Waals surface area (Å²) < 4.78 is 12.2. The Morgan fingerprint density at radius 1 is 1.10 bits per heavy atom. The fourth-order valence-corrected chi connectivity index (χ4v) is 2.21. The zero-order chi connectivity index (χ0) is 15.1. The highest BCUT2D eigenvalue weighted by Gasteiger charge is 1.98. The molecule has 0 radical (unpaired) electrons. The van der Waals surface area contributed by atoms with Gasteiger partial charge in [0.1, 0.15) is 18.2 Å². The van der Waals surface area contributed by atoms with E-state index in [1.165, 1.54) is 0 Å². The van der Waals surface area contributed by atoms with Crippen LogP contribution in [0.1, 0.15) is 11.1 Å². The number of nitrogen functional groups attached to an aromatic ring is 1. The summed E-state index contributed by atoms with van der Waals surface area (Å²) in [4.78, 5) is 0. The molecule has 3 N–H and O–H groups in total. The van der Waals surface area contributed by atoms with Gasteiger partial charge in [-0.1, -0.05) is 28.1 Å². The molecular weight excluding hydrogens is 332 g/mol. The van der Waals surface area contributed by atoms with E-state index in [4.69, 9.17) is 20.6 Å². The minimum absolute atomic E-state index is 0.0545. The van der Waals surface area contributed by atoms with Crippen molar-refractivity contribution in [1.82, 2.24) is 0 Å². The van der Waals surface area contributed by atoms with Gasteiger partial charge in [0.15, 0.2) is 0 Å². The van der Waals surface area contributed by atoms with Crippen molar-refractivity contribution in [3.05, 3.63) is 64.1 Å². The Hall–Kier alpha value is -1.85. The van der Waals surface area contributed by atoms with Crippen molar-refractivity contribution in [3.8, 4) is 5.75 Å². The predicted molar refractivity (Wildman–Crippen MR) is 86.8 cm³/mol. The molecule has 0 atom stereocenters. The maximum absolute atomic E-state index is 7.31. The molecule has 2 aromatic carbocycles. The van der Waals surface area contributed by atoms with Crippen LogP contribution >= 0.6 is 15.9 Å². The Morgan fingerprint density at radius 3 is 2.52 bits per heavy atom. The number of amidine groups is 1. The summed E-state index contributed by atoms with van der Waals surface area (Å²) in [5.74, 6) is 0.796. The third-order valence-electron chi connectivity index (χ3n) is 2.82. The molecule has 0 saturated heterocycles. The molecular formula is C16H17BrN2O2. The zero-order valence-corrected chi connectivity index (χ0v) is 13.1. The van der Waals surface area contributed by atoms with Crippen molar-refractivity contribution in [1.29, 1.82) is 5.41 Å². The molecule has 110 valence electrons. The highest BCUT2D eigenvalue weighted by molar-refractivity contribution is 9.10. The molecule has 2 aromatic rings. The second kappa shape index (κ2) is 7.81. The quantitative estimate of drug-likeness (QED) is 0.458. The van der Waals surface area contributed by atoms with E-state index < -0.39 is 0 Å². The van der Waals surface area contributed by atoms with Gasteiger partial charge in [0.2, 0.25) is 0 Å². The van der Waals surface area contributed by atoms with Crippen molar-refractivity contribution in [3.63, 3.8) is 0 Å². The Labute approximate surface area is 132 Å². The molecule has 2 rings (SSSR count). The average molecular weight is 349 g/mol. The second-order valence-electron chi connectivity index (χ2n) is 4.47. The number of ether oxygens (including phenoxy) is 2. The fraction of sp³-hybridized carbons (Fsp3) is 0.188. The standard InChI is InChI=1S/C16H17BrN2O2/c17-14-3-1-2-12(10-14)11-20-8-9-21-15-6-4-13(5-7-15)16(18)19/h1-7,10H,8-9,11H2,(H3,18,19). The van der Waals surface area contributed by atoms with Crippen LogP contribution in [0.5, 0.6) is 5.75 Å². The normalized spacial score (nSPS) is 10.3. The zero-order valence-electron chi connectivity index (χ0n) is 11.5. The first-order chi connectivity index (χ1) is 10.1. The van der Waals surface area contributed by atoms with Crippen LogP contribution in [0.15, 0.2) is 53.0 Å². The molecule has 21 heavy (non-hydrogen) atoms. The summed E-state index contributed by atoms with van der Waals surface area (Å²) in [5, 5.41) is 7.31. The van der Waals surface area contributed by atoms with Crippen molar-refractivity contribution in [2.75, 3.05) is 13.2 Å². The van der Waals surface area contributed by atoms with Crippen LogP contribution in [0, 0.1) is 5.41 Å². The van der Waals surface area contributed by atoms with E-state index in [2.05, 4.69) is 15.9 Å². The van der Waals surface area contributed by atoms with Crippen LogP contribution in [0.4, 0.5) is 0 Å². The van der Waals surface area contributed by atoms with Gasteiger partial charge in [-0.15, -0.1) is 0 Å². The molecule has 5 heteroatoms.